The highest BCUT2D eigenvalue weighted by Crippen LogP contribution is 2.06. The third-order valence-electron chi connectivity index (χ3n) is 3.63. The van der Waals surface area contributed by atoms with Gasteiger partial charge in [-0.3, -0.25) is 9.98 Å². The Morgan fingerprint density at radius 3 is 2.60 bits per heavy atom. The maximum Gasteiger partial charge on any atom is 0.191 e. The largest absolute Gasteiger partial charge is 0.357 e. The molecule has 0 aliphatic heterocycles. The van der Waals surface area contributed by atoms with E-state index < -0.39 is 0 Å². The van der Waals surface area contributed by atoms with Crippen LogP contribution in [-0.2, 0) is 12.8 Å². The fourth-order valence-corrected chi connectivity index (χ4v) is 2.30. The van der Waals surface area contributed by atoms with E-state index in [-0.39, 0.29) is 29.8 Å². The van der Waals surface area contributed by atoms with Gasteiger partial charge in [-0.1, -0.05) is 24.3 Å². The summed E-state index contributed by atoms with van der Waals surface area (Å²) in [5.41, 5.74) is 2.91. The van der Waals surface area contributed by atoms with Gasteiger partial charge in [0, 0.05) is 31.5 Å². The van der Waals surface area contributed by atoms with Crippen molar-refractivity contribution in [2.45, 2.75) is 26.7 Å². The lowest BCUT2D eigenvalue weighted by molar-refractivity contribution is 0.609. The van der Waals surface area contributed by atoms with Gasteiger partial charge in [0.2, 0.25) is 0 Å². The van der Waals surface area contributed by atoms with Gasteiger partial charge >= 0.3 is 0 Å². The standard InChI is InChI=1S/C19H25FN4.HI/c1-3-21-19(22-12-10-16-9-8-15(2)24-14-16)23-13-11-17-6-4-5-7-18(17)20;/h4-9,14H,3,10-13H2,1-2H3,(H2,21,22,23);1H. The molecule has 2 rings (SSSR count). The molecule has 0 amide bonds. The number of nitrogens with zero attached hydrogens (tertiary/aromatic N) is 2. The Morgan fingerprint density at radius 2 is 1.92 bits per heavy atom. The summed E-state index contributed by atoms with van der Waals surface area (Å²) in [7, 11) is 0. The second-order valence-corrected chi connectivity index (χ2v) is 5.59. The lowest BCUT2D eigenvalue weighted by Gasteiger charge is -2.11. The molecule has 4 nitrogen and oxygen atoms in total. The maximum atomic E-state index is 13.6. The lowest BCUT2D eigenvalue weighted by atomic mass is 10.1. The lowest BCUT2D eigenvalue weighted by Crippen LogP contribution is -2.38. The van der Waals surface area contributed by atoms with Crippen LogP contribution < -0.4 is 10.6 Å². The molecule has 0 fully saturated rings. The first-order chi connectivity index (χ1) is 11.7. The highest BCUT2D eigenvalue weighted by molar-refractivity contribution is 14.0. The number of aryl methyl sites for hydroxylation is 1. The summed E-state index contributed by atoms with van der Waals surface area (Å²) in [4.78, 5) is 8.80. The van der Waals surface area contributed by atoms with Crippen molar-refractivity contribution in [3.8, 4) is 0 Å². The van der Waals surface area contributed by atoms with Gasteiger partial charge in [-0.25, -0.2) is 4.39 Å². The van der Waals surface area contributed by atoms with Crippen LogP contribution in [0.2, 0.25) is 0 Å². The minimum absolute atomic E-state index is 0. The Kier molecular flexibility index (Phi) is 10.1. The van der Waals surface area contributed by atoms with Crippen molar-refractivity contribution in [1.29, 1.82) is 0 Å². The van der Waals surface area contributed by atoms with E-state index in [1.807, 2.05) is 32.2 Å². The topological polar surface area (TPSA) is 49.3 Å². The van der Waals surface area contributed by atoms with Gasteiger partial charge < -0.3 is 10.6 Å². The van der Waals surface area contributed by atoms with Crippen LogP contribution in [0.15, 0.2) is 47.6 Å². The molecule has 0 spiro atoms. The summed E-state index contributed by atoms with van der Waals surface area (Å²) in [6, 6.07) is 10.9. The smallest absolute Gasteiger partial charge is 0.191 e. The normalized spacial score (nSPS) is 10.9. The van der Waals surface area contributed by atoms with Crippen LogP contribution in [0.25, 0.3) is 0 Å². The molecule has 0 radical (unpaired) electrons. The zero-order chi connectivity index (χ0) is 17.2. The number of nitrogens with one attached hydrogen (secondary N) is 2. The Bertz CT molecular complexity index is 659. The fourth-order valence-electron chi connectivity index (χ4n) is 2.30. The maximum absolute atomic E-state index is 13.6. The number of benzene rings is 1. The minimum Gasteiger partial charge on any atom is -0.357 e. The molecule has 0 aliphatic carbocycles. The number of hydrogen-bond acceptors (Lipinski definition) is 2. The van der Waals surface area contributed by atoms with Gasteiger partial charge in [-0.05, 0) is 49.9 Å². The summed E-state index contributed by atoms with van der Waals surface area (Å²) in [6.45, 7) is 6.11. The van der Waals surface area contributed by atoms with Crippen LogP contribution in [-0.4, -0.2) is 30.6 Å². The molecule has 0 aliphatic rings. The van der Waals surface area contributed by atoms with Crippen molar-refractivity contribution in [1.82, 2.24) is 15.6 Å². The van der Waals surface area contributed by atoms with Gasteiger partial charge in [-0.15, -0.1) is 24.0 Å². The molecular weight excluding hydrogens is 430 g/mol. The molecule has 2 N–H and O–H groups in total. The summed E-state index contributed by atoms with van der Waals surface area (Å²) < 4.78 is 13.6. The predicted octanol–water partition coefficient (Wildman–Crippen LogP) is 3.49. The Morgan fingerprint density at radius 1 is 1.12 bits per heavy atom. The molecule has 0 saturated heterocycles. The minimum atomic E-state index is -0.169. The molecule has 0 atom stereocenters. The van der Waals surface area contributed by atoms with Crippen molar-refractivity contribution >= 4 is 29.9 Å². The molecule has 0 saturated carbocycles. The summed E-state index contributed by atoms with van der Waals surface area (Å²) in [5.74, 6) is 0.589. The van der Waals surface area contributed by atoms with Crippen LogP contribution >= 0.6 is 24.0 Å². The van der Waals surface area contributed by atoms with E-state index >= 15 is 0 Å². The van der Waals surface area contributed by atoms with Gasteiger partial charge in [0.05, 0.1) is 0 Å². The molecule has 1 aromatic carbocycles. The van der Waals surface area contributed by atoms with Crippen LogP contribution in [0, 0.1) is 12.7 Å². The molecule has 0 bridgehead atoms. The number of aliphatic imine (C=N–C) groups is 1. The van der Waals surface area contributed by atoms with Gasteiger partial charge in [-0.2, -0.15) is 0 Å². The van der Waals surface area contributed by atoms with Crippen molar-refractivity contribution in [2.24, 2.45) is 4.99 Å². The van der Waals surface area contributed by atoms with Crippen molar-refractivity contribution < 1.29 is 4.39 Å². The third kappa shape index (κ3) is 7.81. The van der Waals surface area contributed by atoms with Gasteiger partial charge in [0.15, 0.2) is 5.96 Å². The monoisotopic (exact) mass is 456 g/mol. The number of hydrogen-bond donors (Lipinski definition) is 2. The second kappa shape index (κ2) is 11.8. The summed E-state index contributed by atoms with van der Waals surface area (Å²) >= 11 is 0. The molecule has 1 aromatic heterocycles. The third-order valence-corrected chi connectivity index (χ3v) is 3.63. The van der Waals surface area contributed by atoms with Crippen LogP contribution in [0.5, 0.6) is 0 Å². The number of pyridine rings is 1. The summed E-state index contributed by atoms with van der Waals surface area (Å²) in [6.07, 6.45) is 3.37. The van der Waals surface area contributed by atoms with E-state index in [9.17, 15) is 4.39 Å². The molecule has 1 heterocycles. The van der Waals surface area contributed by atoms with Crippen molar-refractivity contribution in [3.05, 3.63) is 65.2 Å². The van der Waals surface area contributed by atoms with Crippen molar-refractivity contribution in [2.75, 3.05) is 19.6 Å². The average molecular weight is 456 g/mol. The molecule has 2 aromatic rings. The number of rotatable bonds is 7. The number of halogens is 2. The van der Waals surface area contributed by atoms with E-state index in [4.69, 9.17) is 0 Å². The first-order valence-corrected chi connectivity index (χ1v) is 8.36. The molecule has 25 heavy (non-hydrogen) atoms. The van der Waals surface area contributed by atoms with Gasteiger partial charge in [0.1, 0.15) is 5.82 Å². The van der Waals surface area contributed by atoms with Crippen LogP contribution in [0.3, 0.4) is 0 Å². The summed E-state index contributed by atoms with van der Waals surface area (Å²) in [5, 5.41) is 6.51. The molecule has 136 valence electrons. The number of aromatic nitrogens is 1. The number of guanidine groups is 1. The predicted molar refractivity (Wildman–Crippen MR) is 112 cm³/mol. The Balaban J connectivity index is 0.00000312. The van der Waals surface area contributed by atoms with Crippen LogP contribution in [0.4, 0.5) is 4.39 Å². The van der Waals surface area contributed by atoms with Crippen molar-refractivity contribution in [3.63, 3.8) is 0 Å². The highest BCUT2D eigenvalue weighted by atomic mass is 127. The first kappa shape index (κ1) is 21.3. The average Bonchev–Trinajstić information content (AvgIpc) is 2.58. The van der Waals surface area contributed by atoms with E-state index in [2.05, 4.69) is 26.7 Å². The highest BCUT2D eigenvalue weighted by Gasteiger charge is 2.01. The molecule has 0 unspecified atom stereocenters. The quantitative estimate of drug-likeness (QED) is 0.381. The van der Waals surface area contributed by atoms with E-state index in [0.717, 1.165) is 31.2 Å². The van der Waals surface area contributed by atoms with Gasteiger partial charge in [0.25, 0.3) is 0 Å². The van der Waals surface area contributed by atoms with E-state index in [1.165, 1.54) is 11.6 Å². The molecule has 6 heteroatoms. The Labute approximate surface area is 166 Å². The zero-order valence-corrected chi connectivity index (χ0v) is 17.1. The SMILES string of the molecule is CCNC(=NCCc1ccccc1F)NCCc1ccc(C)nc1.I. The first-order valence-electron chi connectivity index (χ1n) is 8.36. The van der Waals surface area contributed by atoms with E-state index in [1.54, 1.807) is 12.1 Å². The second-order valence-electron chi connectivity index (χ2n) is 5.59. The van der Waals surface area contributed by atoms with E-state index in [0.29, 0.717) is 18.5 Å². The van der Waals surface area contributed by atoms with Crippen LogP contribution in [0.1, 0.15) is 23.7 Å². The fraction of sp³-hybridized carbons (Fsp3) is 0.368. The molecular formula is C19H26FIN4. The zero-order valence-electron chi connectivity index (χ0n) is 14.8. The Hall–Kier alpha value is -1.70.